The fraction of sp³-hybridized carbons (Fsp3) is 0.0909. The predicted octanol–water partition coefficient (Wildman–Crippen LogP) is 1.28. The van der Waals surface area contributed by atoms with Crippen molar-refractivity contribution < 1.29 is 13.8 Å². The van der Waals surface area contributed by atoms with Crippen LogP contribution in [0.25, 0.3) is 0 Å². The Bertz CT molecular complexity index is 594. The molecule has 6 nitrogen and oxygen atoms in total. The van der Waals surface area contributed by atoms with Gasteiger partial charge in [0.05, 0.1) is 6.21 Å². The number of aromatic nitrogens is 2. The van der Waals surface area contributed by atoms with Crippen LogP contribution in [0.2, 0.25) is 0 Å². The standard InChI is InChI=1S/C11H9FN4O2/c1-7-10(16-18-15-7)11(17)14-13-6-8-4-2-3-5-9(8)12/h2-6H,1H3,(H,14,17)/b13-6+. The Morgan fingerprint density at radius 1 is 1.44 bits per heavy atom. The maximum atomic E-state index is 13.2. The number of carbonyl (C=O) groups excluding carboxylic acids is 1. The van der Waals surface area contributed by atoms with Crippen molar-refractivity contribution in [2.24, 2.45) is 5.10 Å². The molecule has 0 saturated carbocycles. The third-order valence-corrected chi connectivity index (χ3v) is 2.14. The molecule has 1 N–H and O–H groups in total. The normalized spacial score (nSPS) is 10.8. The Morgan fingerprint density at radius 3 is 2.89 bits per heavy atom. The second kappa shape index (κ2) is 5.17. The van der Waals surface area contributed by atoms with E-state index in [0.29, 0.717) is 5.69 Å². The van der Waals surface area contributed by atoms with E-state index in [9.17, 15) is 9.18 Å². The van der Waals surface area contributed by atoms with Crippen LogP contribution < -0.4 is 5.43 Å². The van der Waals surface area contributed by atoms with Gasteiger partial charge >= 0.3 is 0 Å². The minimum atomic E-state index is -0.568. The highest BCUT2D eigenvalue weighted by Gasteiger charge is 2.13. The summed E-state index contributed by atoms with van der Waals surface area (Å²) < 4.78 is 17.6. The second-order valence-corrected chi connectivity index (χ2v) is 3.42. The van der Waals surface area contributed by atoms with Crippen LogP contribution in [0.4, 0.5) is 4.39 Å². The summed E-state index contributed by atoms with van der Waals surface area (Å²) in [5.41, 5.74) is 2.87. The Kier molecular flexibility index (Phi) is 3.42. The van der Waals surface area contributed by atoms with Gasteiger partial charge in [-0.2, -0.15) is 5.10 Å². The summed E-state index contributed by atoms with van der Waals surface area (Å²) in [5, 5.41) is 10.5. The highest BCUT2D eigenvalue weighted by atomic mass is 19.1. The summed E-state index contributed by atoms with van der Waals surface area (Å²) in [4.78, 5) is 11.5. The summed E-state index contributed by atoms with van der Waals surface area (Å²) >= 11 is 0. The van der Waals surface area contributed by atoms with Crippen molar-refractivity contribution in [3.05, 3.63) is 47.0 Å². The largest absolute Gasteiger partial charge is 0.295 e. The Morgan fingerprint density at radius 2 is 2.22 bits per heavy atom. The molecule has 1 aromatic heterocycles. The third-order valence-electron chi connectivity index (χ3n) is 2.14. The zero-order valence-electron chi connectivity index (χ0n) is 9.42. The van der Waals surface area contributed by atoms with E-state index in [4.69, 9.17) is 0 Å². The summed E-state index contributed by atoms with van der Waals surface area (Å²) in [6.07, 6.45) is 1.20. The first-order chi connectivity index (χ1) is 8.68. The maximum absolute atomic E-state index is 13.2. The fourth-order valence-electron chi connectivity index (χ4n) is 1.23. The van der Waals surface area contributed by atoms with E-state index in [1.807, 2.05) is 0 Å². The molecule has 92 valence electrons. The van der Waals surface area contributed by atoms with Gasteiger partial charge in [0.25, 0.3) is 5.91 Å². The van der Waals surface area contributed by atoms with Crippen LogP contribution in [0.5, 0.6) is 0 Å². The second-order valence-electron chi connectivity index (χ2n) is 3.42. The van der Waals surface area contributed by atoms with Gasteiger partial charge in [-0.25, -0.2) is 14.4 Å². The molecule has 0 spiro atoms. The van der Waals surface area contributed by atoms with Crippen LogP contribution in [0.1, 0.15) is 21.7 Å². The number of benzene rings is 1. The average molecular weight is 248 g/mol. The van der Waals surface area contributed by atoms with Crippen molar-refractivity contribution in [1.29, 1.82) is 0 Å². The Balaban J connectivity index is 2.03. The van der Waals surface area contributed by atoms with Crippen LogP contribution in [-0.4, -0.2) is 22.4 Å². The van der Waals surface area contributed by atoms with E-state index < -0.39 is 11.7 Å². The predicted molar refractivity (Wildman–Crippen MR) is 60.5 cm³/mol. The molecule has 1 heterocycles. The molecule has 2 rings (SSSR count). The van der Waals surface area contributed by atoms with Gasteiger partial charge in [0.2, 0.25) is 0 Å². The number of hydrogen-bond donors (Lipinski definition) is 1. The highest BCUT2D eigenvalue weighted by molar-refractivity contribution is 5.93. The van der Waals surface area contributed by atoms with Crippen molar-refractivity contribution >= 4 is 12.1 Å². The molecular formula is C11H9FN4O2. The monoisotopic (exact) mass is 248 g/mol. The van der Waals surface area contributed by atoms with Gasteiger partial charge in [-0.15, -0.1) is 0 Å². The molecule has 1 aromatic carbocycles. The van der Waals surface area contributed by atoms with E-state index >= 15 is 0 Å². The summed E-state index contributed by atoms with van der Waals surface area (Å²) in [6, 6.07) is 6.07. The fourth-order valence-corrected chi connectivity index (χ4v) is 1.23. The van der Waals surface area contributed by atoms with Gasteiger partial charge in [-0.1, -0.05) is 23.4 Å². The van der Waals surface area contributed by atoms with Gasteiger partial charge < -0.3 is 0 Å². The van der Waals surface area contributed by atoms with Gasteiger partial charge in [-0.05, 0) is 18.1 Å². The van der Waals surface area contributed by atoms with Crippen LogP contribution in [-0.2, 0) is 0 Å². The maximum Gasteiger partial charge on any atom is 0.295 e. The van der Waals surface area contributed by atoms with Crippen LogP contribution in [0, 0.1) is 12.7 Å². The number of amides is 1. The molecule has 0 radical (unpaired) electrons. The number of rotatable bonds is 3. The number of nitrogens with one attached hydrogen (secondary N) is 1. The summed E-state index contributed by atoms with van der Waals surface area (Å²) in [5.74, 6) is -0.990. The zero-order valence-corrected chi connectivity index (χ0v) is 9.42. The minimum Gasteiger partial charge on any atom is -0.265 e. The van der Waals surface area contributed by atoms with Crippen LogP contribution in [0.15, 0.2) is 34.0 Å². The number of hydrogen-bond acceptors (Lipinski definition) is 5. The highest BCUT2D eigenvalue weighted by Crippen LogP contribution is 2.03. The minimum absolute atomic E-state index is 0.0423. The number of nitrogens with zero attached hydrogens (tertiary/aromatic N) is 3. The van der Waals surface area contributed by atoms with Crippen molar-refractivity contribution in [3.8, 4) is 0 Å². The van der Waals surface area contributed by atoms with E-state index in [1.165, 1.54) is 18.3 Å². The molecule has 2 aromatic rings. The molecule has 0 aliphatic heterocycles. The Hall–Kier alpha value is -2.57. The number of halogens is 1. The molecule has 0 saturated heterocycles. The van der Waals surface area contributed by atoms with Crippen LogP contribution in [0.3, 0.4) is 0 Å². The van der Waals surface area contributed by atoms with Crippen molar-refractivity contribution in [1.82, 2.24) is 15.7 Å². The van der Waals surface area contributed by atoms with Crippen molar-refractivity contribution in [2.75, 3.05) is 0 Å². The lowest BCUT2D eigenvalue weighted by atomic mass is 10.2. The van der Waals surface area contributed by atoms with E-state index in [0.717, 1.165) is 0 Å². The molecule has 0 unspecified atom stereocenters. The molecule has 0 atom stereocenters. The van der Waals surface area contributed by atoms with E-state index in [-0.39, 0.29) is 11.3 Å². The number of hydrazone groups is 1. The van der Waals surface area contributed by atoms with Gasteiger partial charge in [0.15, 0.2) is 5.69 Å². The number of carbonyl (C=O) groups is 1. The average Bonchev–Trinajstić information content (AvgIpc) is 2.78. The topological polar surface area (TPSA) is 80.4 Å². The summed E-state index contributed by atoms with van der Waals surface area (Å²) in [7, 11) is 0. The van der Waals surface area contributed by atoms with E-state index in [1.54, 1.807) is 19.1 Å². The van der Waals surface area contributed by atoms with Gasteiger partial charge in [0.1, 0.15) is 11.5 Å². The first-order valence-electron chi connectivity index (χ1n) is 5.05. The van der Waals surface area contributed by atoms with E-state index in [2.05, 4.69) is 25.5 Å². The first-order valence-corrected chi connectivity index (χ1v) is 5.05. The molecule has 18 heavy (non-hydrogen) atoms. The zero-order chi connectivity index (χ0) is 13.0. The molecule has 0 aliphatic rings. The molecule has 0 bridgehead atoms. The smallest absolute Gasteiger partial charge is 0.265 e. The number of aryl methyl sites for hydroxylation is 1. The molecule has 0 aliphatic carbocycles. The molecular weight excluding hydrogens is 239 g/mol. The van der Waals surface area contributed by atoms with Gasteiger partial charge in [-0.3, -0.25) is 4.79 Å². The third kappa shape index (κ3) is 2.57. The summed E-state index contributed by atoms with van der Waals surface area (Å²) in [6.45, 7) is 1.58. The Labute approximate surface area is 101 Å². The molecule has 1 amide bonds. The first kappa shape index (κ1) is 11.9. The molecule has 0 fully saturated rings. The van der Waals surface area contributed by atoms with Crippen molar-refractivity contribution in [2.45, 2.75) is 6.92 Å². The molecule has 7 heteroatoms. The lowest BCUT2D eigenvalue weighted by Crippen LogP contribution is -2.19. The van der Waals surface area contributed by atoms with Gasteiger partial charge in [0, 0.05) is 5.56 Å². The quantitative estimate of drug-likeness (QED) is 0.655. The van der Waals surface area contributed by atoms with Crippen LogP contribution >= 0.6 is 0 Å². The lowest BCUT2D eigenvalue weighted by Gasteiger charge is -1.96. The van der Waals surface area contributed by atoms with Crippen molar-refractivity contribution in [3.63, 3.8) is 0 Å². The lowest BCUT2D eigenvalue weighted by molar-refractivity contribution is 0.0945. The SMILES string of the molecule is Cc1nonc1C(=O)N/N=C/c1ccccc1F.